The van der Waals surface area contributed by atoms with E-state index in [1.54, 1.807) is 11.3 Å². The maximum Gasteiger partial charge on any atom is 0.164 e. The molecule has 0 bridgehead atoms. The molecule has 0 saturated carbocycles. The molecule has 0 spiro atoms. The Morgan fingerprint density at radius 2 is 0.983 bits per heavy atom. The summed E-state index contributed by atoms with van der Waals surface area (Å²) in [5, 5.41) is 11.8. The van der Waals surface area contributed by atoms with E-state index in [0.717, 1.165) is 60.6 Å². The number of nitrogens with zero attached hydrogens (tertiary/aromatic N) is 4. The van der Waals surface area contributed by atoms with Gasteiger partial charge < -0.3 is 8.98 Å². The summed E-state index contributed by atoms with van der Waals surface area (Å²) in [7, 11) is 0. The topological polar surface area (TPSA) is 56.7 Å². The quantitative estimate of drug-likeness (QED) is 0.179. The lowest BCUT2D eigenvalue weighted by Gasteiger charge is -2.13. The average Bonchev–Trinajstić information content (AvgIpc) is 3.96. The molecule has 0 atom stereocenters. The zero-order chi connectivity index (χ0) is 38.6. The van der Waals surface area contributed by atoms with Crippen molar-refractivity contribution >= 4 is 96.8 Å². The second kappa shape index (κ2) is 12.4. The number of thiophene rings is 1. The van der Waals surface area contributed by atoms with Crippen LogP contribution in [0.4, 0.5) is 0 Å². The first-order valence-corrected chi connectivity index (χ1v) is 20.6. The van der Waals surface area contributed by atoms with Crippen molar-refractivity contribution in [1.82, 2.24) is 19.5 Å². The molecule has 0 aliphatic heterocycles. The monoisotopic (exact) mass is 770 g/mol. The van der Waals surface area contributed by atoms with Crippen molar-refractivity contribution < 1.29 is 4.42 Å². The van der Waals surface area contributed by atoms with Gasteiger partial charge in [0, 0.05) is 69.9 Å². The van der Waals surface area contributed by atoms with E-state index in [4.69, 9.17) is 19.4 Å². The van der Waals surface area contributed by atoms with E-state index in [-0.39, 0.29) is 0 Å². The molecule has 0 aliphatic carbocycles. The van der Waals surface area contributed by atoms with Gasteiger partial charge in [-0.3, -0.25) is 0 Å². The standard InChI is InChI=1S/C53H30N4OS/c1-2-12-31(13-3-1)51-54-52(56-53(55-51)35-22-24-39-38-18-9-11-21-48(38)59-49(39)29-35)34-23-25-41-46(28-34)58-47-30-45(36-16-6-7-19-40(36)50(41)47)57-43-20-10-8-17-37(43)42-26-32-14-4-5-15-33(32)27-44(42)57/h1-30H. The lowest BCUT2D eigenvalue weighted by atomic mass is 10.0. The molecule has 0 radical (unpaired) electrons. The highest BCUT2D eigenvalue weighted by Crippen LogP contribution is 2.43. The molecule has 0 amide bonds. The average molecular weight is 771 g/mol. The highest BCUT2D eigenvalue weighted by atomic mass is 32.1. The molecule has 13 aromatic rings. The van der Waals surface area contributed by atoms with E-state index in [9.17, 15) is 0 Å². The fourth-order valence-corrected chi connectivity index (χ4v) is 10.2. The van der Waals surface area contributed by atoms with Crippen LogP contribution in [0.3, 0.4) is 0 Å². The summed E-state index contributed by atoms with van der Waals surface area (Å²) < 4.78 is 11.8. The van der Waals surface area contributed by atoms with Gasteiger partial charge in [0.25, 0.3) is 0 Å². The maximum atomic E-state index is 6.88. The summed E-state index contributed by atoms with van der Waals surface area (Å²) >= 11 is 1.79. The van der Waals surface area contributed by atoms with Gasteiger partial charge in [0.2, 0.25) is 0 Å². The van der Waals surface area contributed by atoms with Gasteiger partial charge in [0.05, 0.1) is 16.7 Å². The number of fused-ring (bicyclic) bond motifs is 12. The molecule has 0 saturated heterocycles. The molecule has 0 aliphatic rings. The Kier molecular flexibility index (Phi) is 6.82. The van der Waals surface area contributed by atoms with Crippen molar-refractivity contribution in [1.29, 1.82) is 0 Å². The van der Waals surface area contributed by atoms with Crippen molar-refractivity contribution in [2.75, 3.05) is 0 Å². The SMILES string of the molecule is c1ccc(-c2nc(-c3ccc4c(c3)oc3cc(-n5c6ccccc6c6cc7ccccc7cc65)c5ccccc5c34)nc(-c3ccc4c(c3)sc3ccccc34)n2)cc1. The number of rotatable bonds is 4. The predicted molar refractivity (Wildman–Crippen MR) is 246 cm³/mol. The fraction of sp³-hybridized carbons (Fsp3) is 0. The molecule has 0 N–H and O–H groups in total. The third kappa shape index (κ3) is 4.94. The predicted octanol–water partition coefficient (Wildman–Crippen LogP) is 14.5. The second-order valence-electron chi connectivity index (χ2n) is 15.2. The Labute approximate surface area is 341 Å². The first-order valence-electron chi connectivity index (χ1n) is 19.8. The van der Waals surface area contributed by atoms with E-state index in [2.05, 4.69) is 156 Å². The van der Waals surface area contributed by atoms with E-state index < -0.39 is 0 Å². The summed E-state index contributed by atoms with van der Waals surface area (Å²) in [6.45, 7) is 0. The Balaban J connectivity index is 1.01. The van der Waals surface area contributed by atoms with Crippen LogP contribution in [-0.4, -0.2) is 19.5 Å². The maximum absolute atomic E-state index is 6.88. The first-order chi connectivity index (χ1) is 29.2. The zero-order valence-electron chi connectivity index (χ0n) is 31.4. The summed E-state index contributed by atoms with van der Waals surface area (Å²) in [6, 6.07) is 64.4. The molecular weight excluding hydrogens is 741 g/mol. The Bertz CT molecular complexity index is 3860. The van der Waals surface area contributed by atoms with Gasteiger partial charge in [-0.2, -0.15) is 0 Å². The van der Waals surface area contributed by atoms with Crippen molar-refractivity contribution in [3.05, 3.63) is 182 Å². The number of hydrogen-bond donors (Lipinski definition) is 0. The van der Waals surface area contributed by atoms with Crippen molar-refractivity contribution in [3.8, 4) is 39.9 Å². The van der Waals surface area contributed by atoms with E-state index in [1.165, 1.54) is 47.2 Å². The Hall–Kier alpha value is -7.67. The number of furan rings is 1. The smallest absolute Gasteiger partial charge is 0.164 e. The lowest BCUT2D eigenvalue weighted by molar-refractivity contribution is 0.669. The van der Waals surface area contributed by atoms with Crippen LogP contribution in [-0.2, 0) is 0 Å². The molecule has 13 rings (SSSR count). The largest absolute Gasteiger partial charge is 0.456 e. The van der Waals surface area contributed by atoms with Gasteiger partial charge in [-0.15, -0.1) is 11.3 Å². The van der Waals surface area contributed by atoms with Crippen molar-refractivity contribution in [3.63, 3.8) is 0 Å². The Morgan fingerprint density at radius 3 is 1.80 bits per heavy atom. The summed E-state index contributed by atoms with van der Waals surface area (Å²) in [5.41, 5.74) is 7.76. The number of aromatic nitrogens is 4. The molecule has 0 fully saturated rings. The van der Waals surface area contributed by atoms with E-state index in [1.807, 2.05) is 30.3 Å². The van der Waals surface area contributed by atoms with Gasteiger partial charge in [-0.25, -0.2) is 15.0 Å². The summed E-state index contributed by atoms with van der Waals surface area (Å²) in [5.74, 6) is 1.85. The molecule has 9 aromatic carbocycles. The highest BCUT2D eigenvalue weighted by molar-refractivity contribution is 7.25. The summed E-state index contributed by atoms with van der Waals surface area (Å²) in [6.07, 6.45) is 0. The van der Waals surface area contributed by atoms with Gasteiger partial charge in [0.15, 0.2) is 17.5 Å². The lowest BCUT2D eigenvalue weighted by Crippen LogP contribution is -2.00. The van der Waals surface area contributed by atoms with Crippen molar-refractivity contribution in [2.24, 2.45) is 0 Å². The molecule has 4 heterocycles. The van der Waals surface area contributed by atoms with Gasteiger partial charge >= 0.3 is 0 Å². The minimum absolute atomic E-state index is 0.593. The van der Waals surface area contributed by atoms with Gasteiger partial charge in [0.1, 0.15) is 11.2 Å². The van der Waals surface area contributed by atoms with Crippen LogP contribution in [0, 0.1) is 0 Å². The molecular formula is C53H30N4OS. The van der Waals surface area contributed by atoms with Crippen LogP contribution < -0.4 is 0 Å². The zero-order valence-corrected chi connectivity index (χ0v) is 32.2. The van der Waals surface area contributed by atoms with E-state index in [0.29, 0.717) is 17.5 Å². The van der Waals surface area contributed by atoms with Crippen LogP contribution in [0.2, 0.25) is 0 Å². The second-order valence-corrected chi connectivity index (χ2v) is 16.3. The van der Waals surface area contributed by atoms with Gasteiger partial charge in [-0.1, -0.05) is 133 Å². The number of hydrogen-bond acceptors (Lipinski definition) is 5. The minimum Gasteiger partial charge on any atom is -0.456 e. The molecule has 0 unspecified atom stereocenters. The van der Waals surface area contributed by atoms with Crippen LogP contribution in [0.5, 0.6) is 0 Å². The third-order valence-corrected chi connectivity index (χ3v) is 12.9. The minimum atomic E-state index is 0.593. The van der Waals surface area contributed by atoms with Crippen LogP contribution in [0.25, 0.3) is 125 Å². The van der Waals surface area contributed by atoms with E-state index >= 15 is 0 Å². The highest BCUT2D eigenvalue weighted by Gasteiger charge is 2.21. The molecule has 274 valence electrons. The van der Waals surface area contributed by atoms with Crippen LogP contribution in [0.15, 0.2) is 186 Å². The number of para-hydroxylation sites is 1. The molecule has 5 nitrogen and oxygen atoms in total. The van der Waals surface area contributed by atoms with Crippen LogP contribution in [0.1, 0.15) is 0 Å². The van der Waals surface area contributed by atoms with Crippen molar-refractivity contribution in [2.45, 2.75) is 0 Å². The molecule has 4 aromatic heterocycles. The van der Waals surface area contributed by atoms with Gasteiger partial charge in [-0.05, 0) is 58.6 Å². The Morgan fingerprint density at radius 1 is 0.373 bits per heavy atom. The fourth-order valence-electron chi connectivity index (χ4n) is 9.08. The normalized spacial score (nSPS) is 12.1. The molecule has 59 heavy (non-hydrogen) atoms. The summed E-state index contributed by atoms with van der Waals surface area (Å²) in [4.78, 5) is 15.2. The van der Waals surface area contributed by atoms with Crippen LogP contribution >= 0.6 is 11.3 Å². The molecule has 6 heteroatoms. The third-order valence-electron chi connectivity index (χ3n) is 11.8. The first kappa shape index (κ1) is 32.4. The number of benzene rings is 9.